The number of carbonyl (C=O) groups excluding carboxylic acids is 2. The SMILES string of the molecule is COc1cccc(C(=O)OC2C3CC(C2OC(=O)c2cccc(OC)c2)C2c4ccccc4CC32)c1. The summed E-state index contributed by atoms with van der Waals surface area (Å²) in [5.74, 6) is 1.22. The van der Waals surface area contributed by atoms with Gasteiger partial charge in [0, 0.05) is 11.8 Å². The first-order valence-corrected chi connectivity index (χ1v) is 12.3. The first-order chi connectivity index (χ1) is 17.6. The lowest BCUT2D eigenvalue weighted by atomic mass is 9.76. The molecule has 0 amide bonds. The van der Waals surface area contributed by atoms with Crippen molar-refractivity contribution in [2.24, 2.45) is 17.8 Å². The molecule has 0 radical (unpaired) electrons. The average Bonchev–Trinajstić information content (AvgIpc) is 3.58. The summed E-state index contributed by atoms with van der Waals surface area (Å²) in [7, 11) is 3.12. The number of methoxy groups -OCH3 is 2. The highest BCUT2D eigenvalue weighted by Crippen LogP contribution is 2.62. The fourth-order valence-corrected chi connectivity index (χ4v) is 6.65. The molecule has 184 valence electrons. The lowest BCUT2D eigenvalue weighted by Crippen LogP contribution is -2.45. The van der Waals surface area contributed by atoms with Crippen LogP contribution in [0.15, 0.2) is 72.8 Å². The molecule has 0 spiro atoms. The molecular weight excluding hydrogens is 456 g/mol. The maximum absolute atomic E-state index is 13.2. The molecule has 6 rings (SSSR count). The van der Waals surface area contributed by atoms with Gasteiger partial charge in [-0.1, -0.05) is 36.4 Å². The Morgan fingerprint density at radius 2 is 1.28 bits per heavy atom. The van der Waals surface area contributed by atoms with Crippen LogP contribution in [0.5, 0.6) is 11.5 Å². The van der Waals surface area contributed by atoms with E-state index < -0.39 is 24.1 Å². The minimum Gasteiger partial charge on any atom is -0.497 e. The third-order valence-electron chi connectivity index (χ3n) is 8.15. The van der Waals surface area contributed by atoms with E-state index in [1.54, 1.807) is 62.8 Å². The van der Waals surface area contributed by atoms with E-state index in [0.29, 0.717) is 34.5 Å². The molecule has 36 heavy (non-hydrogen) atoms. The van der Waals surface area contributed by atoms with Gasteiger partial charge in [-0.15, -0.1) is 0 Å². The third kappa shape index (κ3) is 3.72. The van der Waals surface area contributed by atoms with E-state index in [2.05, 4.69) is 24.3 Å². The van der Waals surface area contributed by atoms with E-state index in [4.69, 9.17) is 18.9 Å². The van der Waals surface area contributed by atoms with Crippen LogP contribution in [0, 0.1) is 17.8 Å². The average molecular weight is 485 g/mol. The van der Waals surface area contributed by atoms with Gasteiger partial charge >= 0.3 is 11.9 Å². The summed E-state index contributed by atoms with van der Waals surface area (Å²) in [5.41, 5.74) is 3.52. The topological polar surface area (TPSA) is 71.1 Å². The largest absolute Gasteiger partial charge is 0.497 e. The van der Waals surface area contributed by atoms with Gasteiger partial charge in [-0.2, -0.15) is 0 Å². The van der Waals surface area contributed by atoms with Crippen LogP contribution in [-0.4, -0.2) is 38.4 Å². The van der Waals surface area contributed by atoms with Crippen molar-refractivity contribution in [3.63, 3.8) is 0 Å². The fraction of sp³-hybridized carbons (Fsp3) is 0.333. The van der Waals surface area contributed by atoms with E-state index in [1.165, 1.54) is 11.1 Å². The molecule has 0 saturated heterocycles. The van der Waals surface area contributed by atoms with Crippen molar-refractivity contribution >= 4 is 11.9 Å². The number of carbonyl (C=O) groups is 2. The molecule has 6 heteroatoms. The number of benzene rings is 3. The summed E-state index contributed by atoms with van der Waals surface area (Å²) in [6, 6.07) is 22.4. The van der Waals surface area contributed by atoms with Crippen LogP contribution < -0.4 is 9.47 Å². The van der Waals surface area contributed by atoms with Gasteiger partial charge in [0.05, 0.1) is 25.3 Å². The molecule has 3 aromatic carbocycles. The smallest absolute Gasteiger partial charge is 0.338 e. The standard InChI is InChI=1S/C30H28O6/c1-33-20-10-5-8-18(13-20)29(31)35-27-24-16-25(26-22-12-4-3-7-17(22)15-23(24)26)28(27)36-30(32)19-9-6-11-21(14-19)34-2/h3-14,23-28H,15-16H2,1-2H3. The lowest BCUT2D eigenvalue weighted by molar-refractivity contribution is -0.0698. The predicted molar refractivity (Wildman–Crippen MR) is 132 cm³/mol. The zero-order chi connectivity index (χ0) is 24.8. The van der Waals surface area contributed by atoms with Crippen molar-refractivity contribution in [2.45, 2.75) is 31.0 Å². The number of ether oxygens (including phenoxy) is 4. The second-order valence-corrected chi connectivity index (χ2v) is 9.86. The minimum atomic E-state index is -0.518. The van der Waals surface area contributed by atoms with Gasteiger partial charge in [-0.05, 0) is 72.2 Å². The number of hydrogen-bond acceptors (Lipinski definition) is 6. The number of esters is 2. The minimum absolute atomic E-state index is 0.0984. The Morgan fingerprint density at radius 1 is 0.694 bits per heavy atom. The highest BCUT2D eigenvalue weighted by Gasteiger charge is 2.63. The van der Waals surface area contributed by atoms with Gasteiger partial charge < -0.3 is 18.9 Å². The Labute approximate surface area is 210 Å². The fourth-order valence-electron chi connectivity index (χ4n) is 6.65. The molecule has 2 saturated carbocycles. The van der Waals surface area contributed by atoms with Crippen molar-refractivity contribution < 1.29 is 28.5 Å². The Bertz CT molecular complexity index is 1320. The summed E-state index contributed by atoms with van der Waals surface area (Å²) in [5, 5.41) is 0. The van der Waals surface area contributed by atoms with Gasteiger partial charge in [0.1, 0.15) is 23.7 Å². The summed E-state index contributed by atoms with van der Waals surface area (Å²) in [4.78, 5) is 26.4. The van der Waals surface area contributed by atoms with Gasteiger partial charge in [-0.3, -0.25) is 0 Å². The Morgan fingerprint density at radius 3 is 1.89 bits per heavy atom. The molecule has 0 aliphatic heterocycles. The maximum atomic E-state index is 13.2. The van der Waals surface area contributed by atoms with Crippen LogP contribution in [-0.2, 0) is 15.9 Å². The van der Waals surface area contributed by atoms with E-state index in [9.17, 15) is 9.59 Å². The summed E-state index contributed by atoms with van der Waals surface area (Å²) in [6.07, 6.45) is 0.816. The van der Waals surface area contributed by atoms with Crippen molar-refractivity contribution in [3.8, 4) is 11.5 Å². The molecule has 0 heterocycles. The van der Waals surface area contributed by atoms with Gasteiger partial charge in [0.2, 0.25) is 0 Å². The monoisotopic (exact) mass is 484 g/mol. The number of fused-ring (bicyclic) bond motifs is 7. The van der Waals surface area contributed by atoms with Crippen LogP contribution in [0.4, 0.5) is 0 Å². The van der Waals surface area contributed by atoms with Crippen LogP contribution >= 0.6 is 0 Å². The molecule has 6 unspecified atom stereocenters. The molecular formula is C30H28O6. The van der Waals surface area contributed by atoms with Crippen molar-refractivity contribution in [1.29, 1.82) is 0 Å². The molecule has 3 aliphatic rings. The highest BCUT2D eigenvalue weighted by molar-refractivity contribution is 5.91. The molecule has 2 fully saturated rings. The summed E-state index contributed by atoms with van der Waals surface area (Å²) in [6.45, 7) is 0. The van der Waals surface area contributed by atoms with E-state index in [0.717, 1.165) is 12.8 Å². The molecule has 3 aliphatic carbocycles. The van der Waals surface area contributed by atoms with E-state index >= 15 is 0 Å². The second kappa shape index (κ2) is 9.01. The van der Waals surface area contributed by atoms with Crippen LogP contribution in [0.25, 0.3) is 0 Å². The Hall–Kier alpha value is -3.80. The first-order valence-electron chi connectivity index (χ1n) is 12.3. The maximum Gasteiger partial charge on any atom is 0.338 e. The van der Waals surface area contributed by atoms with E-state index in [-0.39, 0.29) is 11.8 Å². The summed E-state index contributed by atoms with van der Waals surface area (Å²) >= 11 is 0. The molecule has 2 bridgehead atoms. The lowest BCUT2D eigenvalue weighted by Gasteiger charge is -2.37. The van der Waals surface area contributed by atoms with Crippen molar-refractivity contribution in [3.05, 3.63) is 95.1 Å². The van der Waals surface area contributed by atoms with Crippen LogP contribution in [0.1, 0.15) is 44.2 Å². The highest BCUT2D eigenvalue weighted by atomic mass is 16.6. The predicted octanol–water partition coefficient (Wildman–Crippen LogP) is 5.06. The molecule has 3 aromatic rings. The summed E-state index contributed by atoms with van der Waals surface area (Å²) < 4.78 is 22.8. The zero-order valence-corrected chi connectivity index (χ0v) is 20.3. The van der Waals surface area contributed by atoms with Gasteiger partial charge in [0.25, 0.3) is 0 Å². The van der Waals surface area contributed by atoms with Crippen molar-refractivity contribution in [2.75, 3.05) is 14.2 Å². The van der Waals surface area contributed by atoms with Gasteiger partial charge in [0.15, 0.2) is 0 Å². The van der Waals surface area contributed by atoms with Crippen LogP contribution in [0.2, 0.25) is 0 Å². The Kier molecular flexibility index (Phi) is 5.67. The molecule has 0 aromatic heterocycles. The van der Waals surface area contributed by atoms with Crippen LogP contribution in [0.3, 0.4) is 0 Å². The Balaban J connectivity index is 1.30. The van der Waals surface area contributed by atoms with E-state index in [1.807, 2.05) is 0 Å². The van der Waals surface area contributed by atoms with Gasteiger partial charge in [-0.25, -0.2) is 9.59 Å². The quantitative estimate of drug-likeness (QED) is 0.456. The third-order valence-corrected chi connectivity index (χ3v) is 8.15. The van der Waals surface area contributed by atoms with Crippen molar-refractivity contribution in [1.82, 2.24) is 0 Å². The number of rotatable bonds is 6. The molecule has 0 N–H and O–H groups in total. The molecule has 6 atom stereocenters. The molecule has 6 nitrogen and oxygen atoms in total. The normalized spacial score (nSPS) is 27.2. The first kappa shape index (κ1) is 22.7. The second-order valence-electron chi connectivity index (χ2n) is 9.86. The zero-order valence-electron chi connectivity index (χ0n) is 20.3. The number of hydrogen-bond donors (Lipinski definition) is 0.